The number of aromatic nitrogens is 1. The molecule has 0 aliphatic rings. The lowest BCUT2D eigenvalue weighted by molar-refractivity contribution is 1.07. The molecular weight excluding hydrogens is 299 g/mol. The first-order chi connectivity index (χ1) is 9.01. The number of nitriles is 1. The molecule has 0 bridgehead atoms. The van der Waals surface area contributed by atoms with Crippen molar-refractivity contribution >= 4 is 35.0 Å². The van der Waals surface area contributed by atoms with Crippen LogP contribution in [0.3, 0.4) is 0 Å². The summed E-state index contributed by atoms with van der Waals surface area (Å²) in [7, 11) is 0. The predicted molar refractivity (Wildman–Crippen MR) is 79.0 cm³/mol. The topological polar surface area (TPSA) is 36.7 Å². The highest BCUT2D eigenvalue weighted by atomic mass is 35.5. The maximum absolute atomic E-state index is 9.23. The molecule has 0 aliphatic carbocycles. The fraction of sp³-hybridized carbons (Fsp3) is 0.143. The van der Waals surface area contributed by atoms with Crippen molar-refractivity contribution in [3.8, 4) is 6.07 Å². The van der Waals surface area contributed by atoms with E-state index in [1.165, 1.54) is 11.8 Å². The van der Waals surface area contributed by atoms with Crippen LogP contribution >= 0.6 is 35.0 Å². The van der Waals surface area contributed by atoms with Crippen LogP contribution in [0, 0.1) is 25.2 Å². The van der Waals surface area contributed by atoms with Crippen LogP contribution in [0.15, 0.2) is 34.1 Å². The minimum absolute atomic E-state index is 0.576. The number of rotatable bonds is 2. The third-order valence-electron chi connectivity index (χ3n) is 2.52. The number of benzene rings is 1. The lowest BCUT2D eigenvalue weighted by Gasteiger charge is -2.09. The zero-order chi connectivity index (χ0) is 14.0. The van der Waals surface area contributed by atoms with Crippen LogP contribution in [-0.2, 0) is 0 Å². The van der Waals surface area contributed by atoms with Gasteiger partial charge in [-0.1, -0.05) is 35.0 Å². The molecule has 0 amide bonds. The number of aryl methyl sites for hydroxylation is 2. The molecule has 0 saturated carbocycles. The Morgan fingerprint density at radius 1 is 1.16 bits per heavy atom. The second kappa shape index (κ2) is 5.83. The Balaban J connectivity index is 2.49. The molecular formula is C14H10Cl2N2S. The Hall–Kier alpha value is -1.21. The van der Waals surface area contributed by atoms with Gasteiger partial charge in [0, 0.05) is 20.5 Å². The number of pyridine rings is 1. The van der Waals surface area contributed by atoms with Crippen LogP contribution in [-0.4, -0.2) is 4.98 Å². The minimum Gasteiger partial charge on any atom is -0.257 e. The van der Waals surface area contributed by atoms with Gasteiger partial charge in [0.05, 0.1) is 16.3 Å². The summed E-state index contributed by atoms with van der Waals surface area (Å²) in [5.41, 5.74) is 2.17. The van der Waals surface area contributed by atoms with Gasteiger partial charge in [0.15, 0.2) is 0 Å². The van der Waals surface area contributed by atoms with Crippen LogP contribution in [0.2, 0.25) is 10.0 Å². The van der Waals surface area contributed by atoms with Crippen molar-refractivity contribution in [2.45, 2.75) is 23.6 Å². The maximum atomic E-state index is 9.23. The lowest BCUT2D eigenvalue weighted by atomic mass is 10.2. The van der Waals surface area contributed by atoms with Gasteiger partial charge in [0.1, 0.15) is 6.07 Å². The van der Waals surface area contributed by atoms with Crippen LogP contribution < -0.4 is 0 Å². The summed E-state index contributed by atoms with van der Waals surface area (Å²) in [5.74, 6) is 0. The summed E-state index contributed by atoms with van der Waals surface area (Å²) in [5, 5.41) is 10.5. The molecule has 96 valence electrons. The number of halogens is 2. The molecule has 2 rings (SSSR count). The molecule has 0 unspecified atom stereocenters. The molecule has 2 aromatic rings. The van der Waals surface area contributed by atoms with Crippen LogP contribution in [0.5, 0.6) is 0 Å². The van der Waals surface area contributed by atoms with Crippen LogP contribution in [0.1, 0.15) is 17.0 Å². The average Bonchev–Trinajstić information content (AvgIpc) is 2.33. The Bertz CT molecular complexity index is 678. The van der Waals surface area contributed by atoms with Gasteiger partial charge >= 0.3 is 0 Å². The van der Waals surface area contributed by atoms with E-state index in [1.807, 2.05) is 19.9 Å². The summed E-state index contributed by atoms with van der Waals surface area (Å²) in [6.07, 6.45) is 0. The molecule has 0 radical (unpaired) electrons. The summed E-state index contributed by atoms with van der Waals surface area (Å²) in [6.45, 7) is 3.73. The standard InChI is InChI=1S/C14H10Cl2N2S/c1-8-5-13(11(7-17)9(2)18-8)19-14-6-10(15)3-4-12(14)16/h3-6H,1-2H3. The first kappa shape index (κ1) is 14.2. The molecule has 1 aromatic heterocycles. The summed E-state index contributed by atoms with van der Waals surface area (Å²) >= 11 is 13.5. The van der Waals surface area contributed by atoms with E-state index >= 15 is 0 Å². The second-order valence-electron chi connectivity index (χ2n) is 4.01. The SMILES string of the molecule is Cc1cc(Sc2cc(Cl)ccc2Cl)c(C#N)c(C)n1. The monoisotopic (exact) mass is 308 g/mol. The molecule has 1 aromatic carbocycles. The van der Waals surface area contributed by atoms with Crippen LogP contribution in [0.25, 0.3) is 0 Å². The van der Waals surface area contributed by atoms with Gasteiger partial charge in [0.2, 0.25) is 0 Å². The second-order valence-corrected chi connectivity index (χ2v) is 5.94. The first-order valence-corrected chi connectivity index (χ1v) is 7.09. The van der Waals surface area contributed by atoms with Gasteiger partial charge in [0.25, 0.3) is 0 Å². The van der Waals surface area contributed by atoms with E-state index in [0.717, 1.165) is 21.2 Å². The molecule has 0 fully saturated rings. The molecule has 2 nitrogen and oxygen atoms in total. The fourth-order valence-electron chi connectivity index (χ4n) is 1.68. The quantitative estimate of drug-likeness (QED) is 0.781. The van der Waals surface area contributed by atoms with Crippen LogP contribution in [0.4, 0.5) is 0 Å². The maximum Gasteiger partial charge on any atom is 0.102 e. The highest BCUT2D eigenvalue weighted by Gasteiger charge is 2.11. The Kier molecular flexibility index (Phi) is 4.36. The third-order valence-corrected chi connectivity index (χ3v) is 4.29. The van der Waals surface area contributed by atoms with E-state index in [4.69, 9.17) is 23.2 Å². The zero-order valence-electron chi connectivity index (χ0n) is 10.4. The van der Waals surface area contributed by atoms with Gasteiger partial charge in [-0.3, -0.25) is 4.98 Å². The number of nitrogens with zero attached hydrogens (tertiary/aromatic N) is 2. The van der Waals surface area contributed by atoms with E-state index in [1.54, 1.807) is 18.2 Å². The molecule has 1 heterocycles. The third kappa shape index (κ3) is 3.22. The van der Waals surface area contributed by atoms with Crippen molar-refractivity contribution in [3.63, 3.8) is 0 Å². The summed E-state index contributed by atoms with van der Waals surface area (Å²) < 4.78 is 0. The Labute approximate surface area is 126 Å². The van der Waals surface area contributed by atoms with E-state index in [9.17, 15) is 5.26 Å². The van der Waals surface area contributed by atoms with E-state index in [-0.39, 0.29) is 0 Å². The molecule has 0 atom stereocenters. The number of hydrogen-bond acceptors (Lipinski definition) is 3. The molecule has 0 saturated heterocycles. The highest BCUT2D eigenvalue weighted by molar-refractivity contribution is 7.99. The highest BCUT2D eigenvalue weighted by Crippen LogP contribution is 2.37. The minimum atomic E-state index is 0.576. The van der Waals surface area contributed by atoms with Gasteiger partial charge < -0.3 is 0 Å². The van der Waals surface area contributed by atoms with Crippen molar-refractivity contribution in [1.29, 1.82) is 5.26 Å². The van der Waals surface area contributed by atoms with Crippen molar-refractivity contribution in [2.24, 2.45) is 0 Å². The summed E-state index contributed by atoms with van der Waals surface area (Å²) in [4.78, 5) is 5.97. The summed E-state index contributed by atoms with van der Waals surface area (Å²) in [6, 6.07) is 9.35. The van der Waals surface area contributed by atoms with Crippen molar-refractivity contribution < 1.29 is 0 Å². The Morgan fingerprint density at radius 2 is 1.89 bits per heavy atom. The largest absolute Gasteiger partial charge is 0.257 e. The van der Waals surface area contributed by atoms with Gasteiger partial charge in [-0.15, -0.1) is 0 Å². The molecule has 5 heteroatoms. The lowest BCUT2D eigenvalue weighted by Crippen LogP contribution is -1.94. The van der Waals surface area contributed by atoms with E-state index in [2.05, 4.69) is 11.1 Å². The average molecular weight is 309 g/mol. The smallest absolute Gasteiger partial charge is 0.102 e. The molecule has 0 aliphatic heterocycles. The molecule has 0 N–H and O–H groups in total. The molecule has 0 spiro atoms. The van der Waals surface area contributed by atoms with Gasteiger partial charge in [-0.2, -0.15) is 5.26 Å². The fourth-order valence-corrected chi connectivity index (χ4v) is 3.27. The zero-order valence-corrected chi connectivity index (χ0v) is 12.7. The van der Waals surface area contributed by atoms with Gasteiger partial charge in [-0.05, 0) is 38.1 Å². The Morgan fingerprint density at radius 3 is 2.58 bits per heavy atom. The normalized spacial score (nSPS) is 10.3. The van der Waals surface area contributed by atoms with E-state index in [0.29, 0.717) is 15.6 Å². The van der Waals surface area contributed by atoms with Gasteiger partial charge in [-0.25, -0.2) is 0 Å². The predicted octanol–water partition coefficient (Wildman–Crippen LogP) is 5.03. The van der Waals surface area contributed by atoms with Crippen molar-refractivity contribution in [2.75, 3.05) is 0 Å². The number of hydrogen-bond donors (Lipinski definition) is 0. The van der Waals surface area contributed by atoms with Crippen molar-refractivity contribution in [1.82, 2.24) is 4.98 Å². The van der Waals surface area contributed by atoms with Crippen molar-refractivity contribution in [3.05, 3.63) is 51.3 Å². The first-order valence-electron chi connectivity index (χ1n) is 5.52. The van der Waals surface area contributed by atoms with E-state index < -0.39 is 0 Å². The molecule has 19 heavy (non-hydrogen) atoms.